The van der Waals surface area contributed by atoms with Crippen LogP contribution in [-0.4, -0.2) is 18.5 Å². The Balaban J connectivity index is 3.83. The SMILES string of the molecule is CCC(CC)CNC(=O)C(C)C(C)N. The topological polar surface area (TPSA) is 55.1 Å². The van der Waals surface area contributed by atoms with Gasteiger partial charge in [-0.1, -0.05) is 33.6 Å². The lowest BCUT2D eigenvalue weighted by Gasteiger charge is -2.18. The van der Waals surface area contributed by atoms with Gasteiger partial charge in [0.2, 0.25) is 5.91 Å². The summed E-state index contributed by atoms with van der Waals surface area (Å²) in [5.41, 5.74) is 5.65. The number of amides is 1. The maximum Gasteiger partial charge on any atom is 0.224 e. The van der Waals surface area contributed by atoms with Crippen molar-refractivity contribution in [3.8, 4) is 0 Å². The molecule has 1 amide bonds. The highest BCUT2D eigenvalue weighted by Gasteiger charge is 2.17. The molecule has 3 N–H and O–H groups in total. The number of hydrogen-bond acceptors (Lipinski definition) is 2. The molecule has 0 aromatic carbocycles. The zero-order valence-corrected chi connectivity index (χ0v) is 9.84. The summed E-state index contributed by atoms with van der Waals surface area (Å²) in [4.78, 5) is 11.5. The van der Waals surface area contributed by atoms with Gasteiger partial charge in [0.1, 0.15) is 0 Å². The van der Waals surface area contributed by atoms with Crippen LogP contribution in [0, 0.1) is 11.8 Å². The van der Waals surface area contributed by atoms with E-state index in [-0.39, 0.29) is 17.9 Å². The molecule has 0 bridgehead atoms. The van der Waals surface area contributed by atoms with E-state index in [0.717, 1.165) is 19.4 Å². The average Bonchev–Trinajstić information content (AvgIpc) is 2.17. The highest BCUT2D eigenvalue weighted by atomic mass is 16.1. The molecule has 0 saturated carbocycles. The van der Waals surface area contributed by atoms with E-state index in [2.05, 4.69) is 19.2 Å². The number of hydrogen-bond donors (Lipinski definition) is 2. The van der Waals surface area contributed by atoms with E-state index < -0.39 is 0 Å². The van der Waals surface area contributed by atoms with Crippen LogP contribution in [0.3, 0.4) is 0 Å². The monoisotopic (exact) mass is 200 g/mol. The molecule has 0 aliphatic rings. The molecule has 2 atom stereocenters. The van der Waals surface area contributed by atoms with Crippen LogP contribution in [0.5, 0.6) is 0 Å². The summed E-state index contributed by atoms with van der Waals surface area (Å²) in [6.07, 6.45) is 2.23. The van der Waals surface area contributed by atoms with E-state index in [1.54, 1.807) is 0 Å². The molecule has 0 aliphatic carbocycles. The first kappa shape index (κ1) is 13.4. The van der Waals surface area contributed by atoms with Gasteiger partial charge in [-0.2, -0.15) is 0 Å². The van der Waals surface area contributed by atoms with Crippen molar-refractivity contribution in [2.75, 3.05) is 6.54 Å². The fourth-order valence-corrected chi connectivity index (χ4v) is 1.22. The smallest absolute Gasteiger partial charge is 0.224 e. The van der Waals surface area contributed by atoms with Gasteiger partial charge in [0.25, 0.3) is 0 Å². The minimum atomic E-state index is -0.0932. The summed E-state index contributed by atoms with van der Waals surface area (Å²) in [7, 11) is 0. The molecule has 0 aromatic rings. The molecule has 0 aliphatic heterocycles. The molecule has 0 radical (unpaired) electrons. The van der Waals surface area contributed by atoms with Gasteiger partial charge in [0.15, 0.2) is 0 Å². The molecule has 0 heterocycles. The molecule has 0 spiro atoms. The summed E-state index contributed by atoms with van der Waals surface area (Å²) in [6, 6.07) is -0.0725. The maximum atomic E-state index is 11.5. The molecule has 3 nitrogen and oxygen atoms in total. The van der Waals surface area contributed by atoms with Crippen LogP contribution in [0.25, 0.3) is 0 Å². The third kappa shape index (κ3) is 4.61. The Morgan fingerprint density at radius 1 is 1.29 bits per heavy atom. The summed E-state index contributed by atoms with van der Waals surface area (Å²) in [6.45, 7) is 8.81. The Morgan fingerprint density at radius 2 is 1.79 bits per heavy atom. The van der Waals surface area contributed by atoms with Gasteiger partial charge < -0.3 is 11.1 Å². The molecular weight excluding hydrogens is 176 g/mol. The number of nitrogens with one attached hydrogen (secondary N) is 1. The van der Waals surface area contributed by atoms with E-state index in [1.165, 1.54) is 0 Å². The van der Waals surface area contributed by atoms with E-state index in [4.69, 9.17) is 5.73 Å². The van der Waals surface area contributed by atoms with Crippen LogP contribution in [0.1, 0.15) is 40.5 Å². The first-order chi connectivity index (χ1) is 6.52. The zero-order chi connectivity index (χ0) is 11.1. The maximum absolute atomic E-state index is 11.5. The van der Waals surface area contributed by atoms with Crippen molar-refractivity contribution in [3.05, 3.63) is 0 Å². The third-order valence-electron chi connectivity index (χ3n) is 2.92. The Bertz CT molecular complexity index is 165. The quantitative estimate of drug-likeness (QED) is 0.683. The molecular formula is C11H24N2O. The van der Waals surface area contributed by atoms with Crippen molar-refractivity contribution in [2.45, 2.75) is 46.6 Å². The summed E-state index contributed by atoms with van der Waals surface area (Å²) >= 11 is 0. The van der Waals surface area contributed by atoms with Gasteiger partial charge in [-0.05, 0) is 12.8 Å². The van der Waals surface area contributed by atoms with Crippen LogP contribution < -0.4 is 11.1 Å². The normalized spacial score (nSPS) is 15.3. The van der Waals surface area contributed by atoms with Crippen molar-refractivity contribution >= 4 is 5.91 Å². The Morgan fingerprint density at radius 3 is 2.14 bits per heavy atom. The first-order valence-electron chi connectivity index (χ1n) is 5.56. The average molecular weight is 200 g/mol. The molecule has 2 unspecified atom stereocenters. The Labute approximate surface area is 87.4 Å². The second-order valence-corrected chi connectivity index (χ2v) is 4.08. The lowest BCUT2D eigenvalue weighted by Crippen LogP contribution is -2.40. The molecule has 3 heteroatoms. The van der Waals surface area contributed by atoms with Crippen LogP contribution in [0.2, 0.25) is 0 Å². The Kier molecular flexibility index (Phi) is 6.54. The second-order valence-electron chi connectivity index (χ2n) is 4.08. The van der Waals surface area contributed by atoms with E-state index in [1.807, 2.05) is 13.8 Å². The standard InChI is InChI=1S/C11H24N2O/c1-5-10(6-2)7-13-11(14)8(3)9(4)12/h8-10H,5-7,12H2,1-4H3,(H,13,14). The van der Waals surface area contributed by atoms with Gasteiger partial charge in [0, 0.05) is 18.5 Å². The predicted molar refractivity (Wildman–Crippen MR) is 59.9 cm³/mol. The summed E-state index contributed by atoms with van der Waals surface area (Å²) in [5, 5.41) is 2.95. The Hall–Kier alpha value is -0.570. The van der Waals surface area contributed by atoms with Crippen molar-refractivity contribution in [1.29, 1.82) is 0 Å². The zero-order valence-electron chi connectivity index (χ0n) is 9.84. The molecule has 0 fully saturated rings. The number of carbonyl (C=O) groups is 1. The number of nitrogens with two attached hydrogens (primary N) is 1. The van der Waals surface area contributed by atoms with Gasteiger partial charge >= 0.3 is 0 Å². The van der Waals surface area contributed by atoms with Crippen LogP contribution in [0.15, 0.2) is 0 Å². The van der Waals surface area contributed by atoms with Crippen molar-refractivity contribution in [3.63, 3.8) is 0 Å². The highest BCUT2D eigenvalue weighted by molar-refractivity contribution is 5.78. The number of rotatable bonds is 6. The lowest BCUT2D eigenvalue weighted by atomic mass is 10.0. The predicted octanol–water partition coefficient (Wildman–Crippen LogP) is 1.52. The van der Waals surface area contributed by atoms with Gasteiger partial charge in [-0.25, -0.2) is 0 Å². The fraction of sp³-hybridized carbons (Fsp3) is 0.909. The highest BCUT2D eigenvalue weighted by Crippen LogP contribution is 2.06. The van der Waals surface area contributed by atoms with Gasteiger partial charge in [-0.15, -0.1) is 0 Å². The summed E-state index contributed by atoms with van der Waals surface area (Å²) in [5.74, 6) is 0.579. The minimum Gasteiger partial charge on any atom is -0.356 e. The van der Waals surface area contributed by atoms with Crippen molar-refractivity contribution < 1.29 is 4.79 Å². The van der Waals surface area contributed by atoms with Crippen LogP contribution in [-0.2, 0) is 4.79 Å². The number of carbonyl (C=O) groups excluding carboxylic acids is 1. The van der Waals surface area contributed by atoms with Crippen LogP contribution in [0.4, 0.5) is 0 Å². The van der Waals surface area contributed by atoms with E-state index in [9.17, 15) is 4.79 Å². The van der Waals surface area contributed by atoms with E-state index >= 15 is 0 Å². The second kappa shape index (κ2) is 6.82. The van der Waals surface area contributed by atoms with Gasteiger partial charge in [0.05, 0.1) is 0 Å². The largest absolute Gasteiger partial charge is 0.356 e. The first-order valence-corrected chi connectivity index (χ1v) is 5.56. The van der Waals surface area contributed by atoms with Crippen LogP contribution >= 0.6 is 0 Å². The van der Waals surface area contributed by atoms with Crippen molar-refractivity contribution in [2.24, 2.45) is 17.6 Å². The summed E-state index contributed by atoms with van der Waals surface area (Å²) < 4.78 is 0. The fourth-order valence-electron chi connectivity index (χ4n) is 1.22. The molecule has 0 rings (SSSR count). The third-order valence-corrected chi connectivity index (χ3v) is 2.92. The molecule has 0 aromatic heterocycles. The van der Waals surface area contributed by atoms with Crippen molar-refractivity contribution in [1.82, 2.24) is 5.32 Å². The van der Waals surface area contributed by atoms with E-state index in [0.29, 0.717) is 5.92 Å². The molecule has 0 saturated heterocycles. The molecule has 84 valence electrons. The molecule has 14 heavy (non-hydrogen) atoms. The van der Waals surface area contributed by atoms with Gasteiger partial charge in [-0.3, -0.25) is 4.79 Å². The minimum absolute atomic E-state index is 0.0725. The lowest BCUT2D eigenvalue weighted by molar-refractivity contribution is -0.125.